The fraction of sp³-hybridized carbons (Fsp3) is 0. The Bertz CT molecular complexity index is 2450. The van der Waals surface area contributed by atoms with Gasteiger partial charge in [-0.1, -0.05) is 66.7 Å². The van der Waals surface area contributed by atoms with Crippen molar-refractivity contribution in [1.29, 1.82) is 0 Å². The topological polar surface area (TPSA) is 42.4 Å². The molecule has 0 saturated carbocycles. The van der Waals surface area contributed by atoms with E-state index in [1.807, 2.05) is 42.7 Å². The van der Waals surface area contributed by atoms with Crippen molar-refractivity contribution in [2.75, 3.05) is 4.90 Å². The highest BCUT2D eigenvalue weighted by Crippen LogP contribution is 2.45. The molecule has 9 aromatic rings. The van der Waals surface area contributed by atoms with Crippen LogP contribution in [0.3, 0.4) is 0 Å². The molecule has 0 radical (unpaired) electrons. The van der Waals surface area contributed by atoms with Crippen molar-refractivity contribution in [3.05, 3.63) is 146 Å². The maximum Gasteiger partial charge on any atom is 0.137 e. The molecule has 0 aliphatic rings. The minimum absolute atomic E-state index is 0.839. The third-order valence-electron chi connectivity index (χ3n) is 8.33. The number of nitrogens with zero attached hydrogens (tertiary/aromatic N) is 2. The number of hydrogen-bond donors (Lipinski definition) is 0. The monoisotopic (exact) mass is 552 g/mol. The van der Waals surface area contributed by atoms with E-state index < -0.39 is 0 Å². The van der Waals surface area contributed by atoms with E-state index in [-0.39, 0.29) is 0 Å². The Labute approximate surface area is 247 Å². The lowest BCUT2D eigenvalue weighted by atomic mass is 10.0. The molecule has 0 aliphatic heterocycles. The molecule has 0 amide bonds. The van der Waals surface area contributed by atoms with Gasteiger partial charge in [-0.15, -0.1) is 0 Å². The van der Waals surface area contributed by atoms with Gasteiger partial charge >= 0.3 is 0 Å². The van der Waals surface area contributed by atoms with E-state index in [0.717, 1.165) is 71.7 Å². The van der Waals surface area contributed by atoms with Crippen LogP contribution in [0.5, 0.6) is 0 Å². The van der Waals surface area contributed by atoms with E-state index in [2.05, 4.69) is 113 Å². The molecule has 0 spiro atoms. The average molecular weight is 553 g/mol. The largest absolute Gasteiger partial charge is 0.456 e. The van der Waals surface area contributed by atoms with Gasteiger partial charge in [0.15, 0.2) is 0 Å². The van der Waals surface area contributed by atoms with E-state index in [9.17, 15) is 0 Å². The zero-order valence-corrected chi connectivity index (χ0v) is 23.1. The second kappa shape index (κ2) is 9.33. The lowest BCUT2D eigenvalue weighted by Gasteiger charge is -2.26. The van der Waals surface area contributed by atoms with Crippen molar-refractivity contribution in [3.8, 4) is 11.1 Å². The Morgan fingerprint density at radius 1 is 0.465 bits per heavy atom. The summed E-state index contributed by atoms with van der Waals surface area (Å²) in [6, 6.07) is 46.5. The summed E-state index contributed by atoms with van der Waals surface area (Å²) in [6.07, 6.45) is 3.71. The van der Waals surface area contributed by atoms with Gasteiger partial charge in [-0.05, 0) is 77.2 Å². The molecule has 9 rings (SSSR count). The standard InChI is InChI=1S/C39H24N2O2/c1-2-7-25(8-3-1)26-13-15-29(16-14-26)41(30-17-18-32-31-9-4-5-11-35(31)42-38(32)23-30)34-10-6-12-36-39(34)33-21-27-19-20-40-24-28(27)22-37(33)43-36/h1-24H. The molecule has 0 bridgehead atoms. The molecular formula is C39H24N2O2. The molecule has 6 aromatic carbocycles. The van der Waals surface area contributed by atoms with E-state index in [1.54, 1.807) is 0 Å². The Hall–Kier alpha value is -5.87. The number of hydrogen-bond acceptors (Lipinski definition) is 4. The molecule has 0 N–H and O–H groups in total. The van der Waals surface area contributed by atoms with Gasteiger partial charge < -0.3 is 13.7 Å². The van der Waals surface area contributed by atoms with Crippen molar-refractivity contribution in [2.24, 2.45) is 0 Å². The lowest BCUT2D eigenvalue weighted by Crippen LogP contribution is -2.10. The first-order valence-corrected chi connectivity index (χ1v) is 14.4. The van der Waals surface area contributed by atoms with Gasteiger partial charge in [0.05, 0.1) is 11.1 Å². The number of para-hydroxylation sites is 1. The maximum atomic E-state index is 6.44. The van der Waals surface area contributed by atoms with Gasteiger partial charge in [-0.3, -0.25) is 4.98 Å². The van der Waals surface area contributed by atoms with Crippen LogP contribution in [0.1, 0.15) is 0 Å². The summed E-state index contributed by atoms with van der Waals surface area (Å²) in [5, 5.41) is 6.53. The smallest absolute Gasteiger partial charge is 0.137 e. The quantitative estimate of drug-likeness (QED) is 0.218. The first-order chi connectivity index (χ1) is 21.3. The van der Waals surface area contributed by atoms with Crippen LogP contribution >= 0.6 is 0 Å². The van der Waals surface area contributed by atoms with Crippen LogP contribution < -0.4 is 4.90 Å². The number of benzene rings is 6. The average Bonchev–Trinajstić information content (AvgIpc) is 3.62. The first-order valence-electron chi connectivity index (χ1n) is 14.4. The van der Waals surface area contributed by atoms with Crippen LogP contribution in [0, 0.1) is 0 Å². The third-order valence-corrected chi connectivity index (χ3v) is 8.33. The molecule has 4 heteroatoms. The fourth-order valence-electron chi connectivity index (χ4n) is 6.29. The van der Waals surface area contributed by atoms with Crippen LogP contribution in [0.15, 0.2) is 155 Å². The molecule has 0 unspecified atom stereocenters. The summed E-state index contributed by atoms with van der Waals surface area (Å²) >= 11 is 0. The lowest BCUT2D eigenvalue weighted by molar-refractivity contribution is 0.669. The van der Waals surface area contributed by atoms with Crippen molar-refractivity contribution < 1.29 is 8.83 Å². The summed E-state index contributed by atoms with van der Waals surface area (Å²) in [7, 11) is 0. The van der Waals surface area contributed by atoms with Crippen LogP contribution in [0.4, 0.5) is 17.1 Å². The van der Waals surface area contributed by atoms with Crippen LogP contribution in [-0.4, -0.2) is 4.98 Å². The molecule has 0 fully saturated rings. The van der Waals surface area contributed by atoms with Gasteiger partial charge in [-0.25, -0.2) is 0 Å². The van der Waals surface area contributed by atoms with Gasteiger partial charge in [0, 0.05) is 51.4 Å². The molecular weight excluding hydrogens is 528 g/mol. The van der Waals surface area contributed by atoms with Crippen molar-refractivity contribution in [3.63, 3.8) is 0 Å². The highest BCUT2D eigenvalue weighted by Gasteiger charge is 2.21. The van der Waals surface area contributed by atoms with Gasteiger partial charge in [0.25, 0.3) is 0 Å². The Balaban J connectivity index is 1.30. The molecule has 43 heavy (non-hydrogen) atoms. The number of fused-ring (bicyclic) bond motifs is 7. The van der Waals surface area contributed by atoms with Crippen LogP contribution in [-0.2, 0) is 0 Å². The second-order valence-electron chi connectivity index (χ2n) is 10.9. The van der Waals surface area contributed by atoms with Crippen molar-refractivity contribution >= 4 is 71.7 Å². The van der Waals surface area contributed by atoms with Gasteiger partial charge in [0.1, 0.15) is 22.3 Å². The van der Waals surface area contributed by atoms with Gasteiger partial charge in [0.2, 0.25) is 0 Å². The zero-order valence-electron chi connectivity index (χ0n) is 23.1. The SMILES string of the molecule is c1ccc(-c2ccc(N(c3ccc4c(c3)oc3ccccc34)c3cccc4oc5cc6cnccc6cc5c34)cc2)cc1. The Kier molecular flexibility index (Phi) is 5.16. The van der Waals surface area contributed by atoms with Crippen molar-refractivity contribution in [1.82, 2.24) is 4.98 Å². The number of anilines is 3. The third kappa shape index (κ3) is 3.81. The molecule has 0 atom stereocenters. The van der Waals surface area contributed by atoms with E-state index >= 15 is 0 Å². The van der Waals surface area contributed by atoms with Crippen LogP contribution in [0.2, 0.25) is 0 Å². The Morgan fingerprint density at radius 2 is 1.19 bits per heavy atom. The summed E-state index contributed by atoms with van der Waals surface area (Å²) in [6.45, 7) is 0. The number of furan rings is 2. The highest BCUT2D eigenvalue weighted by molar-refractivity contribution is 6.16. The minimum atomic E-state index is 0.839. The molecule has 0 saturated heterocycles. The molecule has 3 aromatic heterocycles. The first kappa shape index (κ1) is 23.8. The number of pyridine rings is 1. The summed E-state index contributed by atoms with van der Waals surface area (Å²) in [5.41, 5.74) is 8.87. The molecule has 0 aliphatic carbocycles. The molecule has 4 nitrogen and oxygen atoms in total. The maximum absolute atomic E-state index is 6.44. The molecule has 3 heterocycles. The fourth-order valence-corrected chi connectivity index (χ4v) is 6.29. The predicted molar refractivity (Wildman–Crippen MR) is 176 cm³/mol. The highest BCUT2D eigenvalue weighted by atomic mass is 16.3. The normalized spacial score (nSPS) is 11.7. The minimum Gasteiger partial charge on any atom is -0.456 e. The van der Waals surface area contributed by atoms with E-state index in [0.29, 0.717) is 0 Å². The predicted octanol–water partition coefficient (Wildman–Crippen LogP) is 11.2. The number of aromatic nitrogens is 1. The molecule has 202 valence electrons. The van der Waals surface area contributed by atoms with Gasteiger partial charge in [-0.2, -0.15) is 0 Å². The summed E-state index contributed by atoms with van der Waals surface area (Å²) < 4.78 is 12.8. The second-order valence-corrected chi connectivity index (χ2v) is 10.9. The summed E-state index contributed by atoms with van der Waals surface area (Å²) in [5.74, 6) is 0. The number of rotatable bonds is 4. The van der Waals surface area contributed by atoms with Crippen LogP contribution in [0.25, 0.3) is 65.8 Å². The summed E-state index contributed by atoms with van der Waals surface area (Å²) in [4.78, 5) is 6.61. The van der Waals surface area contributed by atoms with Crippen molar-refractivity contribution in [2.45, 2.75) is 0 Å². The zero-order chi connectivity index (χ0) is 28.3. The van der Waals surface area contributed by atoms with E-state index in [1.165, 1.54) is 11.1 Å². The van der Waals surface area contributed by atoms with E-state index in [4.69, 9.17) is 8.83 Å². The Morgan fingerprint density at radius 3 is 2.09 bits per heavy atom.